The SMILES string of the molecule is O=C(NC1CCCCC1)C1CCN(Cc2cccc3c2NCC3)CC1. The lowest BCUT2D eigenvalue weighted by atomic mass is 9.92. The number of anilines is 1. The molecule has 0 unspecified atom stereocenters. The second-order valence-corrected chi connectivity index (χ2v) is 8.02. The summed E-state index contributed by atoms with van der Waals surface area (Å²) in [6, 6.07) is 7.11. The van der Waals surface area contributed by atoms with E-state index in [0.717, 1.165) is 45.4 Å². The summed E-state index contributed by atoms with van der Waals surface area (Å²) in [6.07, 6.45) is 9.39. The van der Waals surface area contributed by atoms with Gasteiger partial charge in [-0.25, -0.2) is 0 Å². The molecular weight excluding hydrogens is 310 g/mol. The molecule has 2 N–H and O–H groups in total. The summed E-state index contributed by atoms with van der Waals surface area (Å²) in [5.74, 6) is 0.534. The van der Waals surface area contributed by atoms with Gasteiger partial charge < -0.3 is 10.6 Å². The monoisotopic (exact) mass is 341 g/mol. The molecule has 0 aromatic heterocycles. The molecule has 2 aliphatic heterocycles. The van der Waals surface area contributed by atoms with Gasteiger partial charge in [-0.2, -0.15) is 0 Å². The predicted octanol–water partition coefficient (Wildman–Crippen LogP) is 3.32. The zero-order chi connectivity index (χ0) is 17.1. The number of hydrogen-bond donors (Lipinski definition) is 2. The molecule has 1 aliphatic carbocycles. The quantitative estimate of drug-likeness (QED) is 0.883. The van der Waals surface area contributed by atoms with Gasteiger partial charge in [-0.1, -0.05) is 37.5 Å². The number of para-hydroxylation sites is 1. The third-order valence-electron chi connectivity index (χ3n) is 6.24. The van der Waals surface area contributed by atoms with E-state index in [4.69, 9.17) is 0 Å². The average Bonchev–Trinajstić information content (AvgIpc) is 3.13. The highest BCUT2D eigenvalue weighted by Crippen LogP contribution is 2.29. The Morgan fingerprint density at radius 3 is 2.72 bits per heavy atom. The number of fused-ring (bicyclic) bond motifs is 1. The summed E-state index contributed by atoms with van der Waals surface area (Å²) >= 11 is 0. The lowest BCUT2D eigenvalue weighted by Gasteiger charge is -2.33. The number of piperidine rings is 1. The second-order valence-electron chi connectivity index (χ2n) is 8.02. The van der Waals surface area contributed by atoms with Crippen LogP contribution in [0, 0.1) is 5.92 Å². The Balaban J connectivity index is 1.27. The minimum atomic E-state index is 0.220. The van der Waals surface area contributed by atoms with Crippen molar-refractivity contribution in [3.8, 4) is 0 Å². The second kappa shape index (κ2) is 7.77. The van der Waals surface area contributed by atoms with Crippen molar-refractivity contribution < 1.29 is 4.79 Å². The Labute approximate surface area is 151 Å². The van der Waals surface area contributed by atoms with Crippen LogP contribution >= 0.6 is 0 Å². The Kier molecular flexibility index (Phi) is 5.25. The Morgan fingerprint density at radius 1 is 1.12 bits per heavy atom. The van der Waals surface area contributed by atoms with E-state index >= 15 is 0 Å². The smallest absolute Gasteiger partial charge is 0.223 e. The lowest BCUT2D eigenvalue weighted by molar-refractivity contribution is -0.127. The van der Waals surface area contributed by atoms with Gasteiger partial charge in [0.2, 0.25) is 5.91 Å². The van der Waals surface area contributed by atoms with Crippen LogP contribution in [0.25, 0.3) is 0 Å². The molecule has 0 spiro atoms. The van der Waals surface area contributed by atoms with Crippen LogP contribution in [-0.4, -0.2) is 36.5 Å². The van der Waals surface area contributed by atoms with E-state index in [9.17, 15) is 4.79 Å². The average molecular weight is 341 g/mol. The van der Waals surface area contributed by atoms with Gasteiger partial charge in [0.1, 0.15) is 0 Å². The summed E-state index contributed by atoms with van der Waals surface area (Å²) in [4.78, 5) is 15.1. The van der Waals surface area contributed by atoms with E-state index in [-0.39, 0.29) is 5.92 Å². The number of hydrogen-bond acceptors (Lipinski definition) is 3. The fourth-order valence-electron chi connectivity index (χ4n) is 4.70. The van der Waals surface area contributed by atoms with Crippen molar-refractivity contribution >= 4 is 11.6 Å². The van der Waals surface area contributed by atoms with Crippen molar-refractivity contribution in [1.82, 2.24) is 10.2 Å². The van der Waals surface area contributed by atoms with Crippen molar-refractivity contribution in [2.24, 2.45) is 5.92 Å². The first-order valence-electron chi connectivity index (χ1n) is 10.2. The lowest BCUT2D eigenvalue weighted by Crippen LogP contribution is -2.44. The molecule has 0 radical (unpaired) electrons. The van der Waals surface area contributed by atoms with Gasteiger partial charge in [-0.15, -0.1) is 0 Å². The Morgan fingerprint density at radius 2 is 1.92 bits per heavy atom. The summed E-state index contributed by atoms with van der Waals surface area (Å²) in [5.41, 5.74) is 4.24. The van der Waals surface area contributed by atoms with Crippen molar-refractivity contribution in [3.05, 3.63) is 29.3 Å². The number of rotatable bonds is 4. The van der Waals surface area contributed by atoms with Crippen LogP contribution in [0.15, 0.2) is 18.2 Å². The van der Waals surface area contributed by atoms with Crippen LogP contribution in [0.3, 0.4) is 0 Å². The molecule has 4 rings (SSSR count). The minimum Gasteiger partial charge on any atom is -0.384 e. The molecule has 4 nitrogen and oxygen atoms in total. The van der Waals surface area contributed by atoms with Crippen LogP contribution in [0.1, 0.15) is 56.1 Å². The highest BCUT2D eigenvalue weighted by molar-refractivity contribution is 5.79. The number of likely N-dealkylation sites (tertiary alicyclic amines) is 1. The maximum absolute atomic E-state index is 12.5. The highest BCUT2D eigenvalue weighted by Gasteiger charge is 2.27. The van der Waals surface area contributed by atoms with Crippen molar-refractivity contribution in [2.75, 3.05) is 25.0 Å². The molecule has 4 heteroatoms. The Hall–Kier alpha value is -1.55. The zero-order valence-electron chi connectivity index (χ0n) is 15.2. The van der Waals surface area contributed by atoms with Crippen molar-refractivity contribution in [3.63, 3.8) is 0 Å². The molecule has 1 saturated carbocycles. The predicted molar refractivity (Wildman–Crippen MR) is 102 cm³/mol. The number of carbonyl (C=O) groups is 1. The molecule has 1 aromatic rings. The molecule has 0 bridgehead atoms. The van der Waals surface area contributed by atoms with E-state index in [2.05, 4.69) is 33.7 Å². The van der Waals surface area contributed by atoms with E-state index in [1.54, 1.807) is 0 Å². The Bertz CT molecular complexity index is 601. The van der Waals surface area contributed by atoms with E-state index in [1.165, 1.54) is 48.9 Å². The number of carbonyl (C=O) groups excluding carboxylic acids is 1. The summed E-state index contributed by atoms with van der Waals surface area (Å²) in [7, 11) is 0. The van der Waals surface area contributed by atoms with Gasteiger partial charge in [0.25, 0.3) is 0 Å². The summed E-state index contributed by atoms with van der Waals surface area (Å²) < 4.78 is 0. The molecule has 1 aromatic carbocycles. The topological polar surface area (TPSA) is 44.4 Å². The van der Waals surface area contributed by atoms with Gasteiger partial charge >= 0.3 is 0 Å². The molecule has 25 heavy (non-hydrogen) atoms. The number of amides is 1. The fourth-order valence-corrected chi connectivity index (χ4v) is 4.70. The standard InChI is InChI=1S/C21H31N3O/c25-21(23-19-7-2-1-3-8-19)17-10-13-24(14-11-17)15-18-6-4-5-16-9-12-22-20(16)18/h4-6,17,19,22H,1-3,7-15H2,(H,23,25). The van der Waals surface area contributed by atoms with E-state index in [0.29, 0.717) is 11.9 Å². The van der Waals surface area contributed by atoms with Gasteiger partial charge in [-0.05, 0) is 56.3 Å². The van der Waals surface area contributed by atoms with E-state index in [1.807, 2.05) is 0 Å². The molecular formula is C21H31N3O. The van der Waals surface area contributed by atoms with Crippen LogP contribution in [0.4, 0.5) is 5.69 Å². The van der Waals surface area contributed by atoms with Gasteiger partial charge in [-0.3, -0.25) is 9.69 Å². The van der Waals surface area contributed by atoms with E-state index < -0.39 is 0 Å². The fraction of sp³-hybridized carbons (Fsp3) is 0.667. The molecule has 2 fully saturated rings. The van der Waals surface area contributed by atoms with Gasteiger partial charge in [0.15, 0.2) is 0 Å². The summed E-state index contributed by atoms with van der Waals surface area (Å²) in [5, 5.41) is 6.86. The highest BCUT2D eigenvalue weighted by atomic mass is 16.1. The molecule has 1 amide bonds. The minimum absolute atomic E-state index is 0.220. The molecule has 0 atom stereocenters. The van der Waals surface area contributed by atoms with Crippen LogP contribution < -0.4 is 10.6 Å². The van der Waals surface area contributed by atoms with Crippen LogP contribution in [0.5, 0.6) is 0 Å². The first kappa shape index (κ1) is 16.9. The maximum atomic E-state index is 12.5. The zero-order valence-corrected chi connectivity index (χ0v) is 15.2. The molecule has 136 valence electrons. The number of nitrogens with one attached hydrogen (secondary N) is 2. The first-order valence-corrected chi connectivity index (χ1v) is 10.2. The largest absolute Gasteiger partial charge is 0.384 e. The van der Waals surface area contributed by atoms with Gasteiger partial charge in [0, 0.05) is 30.7 Å². The van der Waals surface area contributed by atoms with Crippen LogP contribution in [-0.2, 0) is 17.8 Å². The van der Waals surface area contributed by atoms with Crippen molar-refractivity contribution in [1.29, 1.82) is 0 Å². The third-order valence-corrected chi connectivity index (χ3v) is 6.24. The van der Waals surface area contributed by atoms with Crippen molar-refractivity contribution in [2.45, 2.75) is 64.0 Å². The first-order chi connectivity index (χ1) is 12.3. The molecule has 3 aliphatic rings. The molecule has 2 heterocycles. The molecule has 1 saturated heterocycles. The normalized spacial score (nSPS) is 22.4. The van der Waals surface area contributed by atoms with Gasteiger partial charge in [0.05, 0.1) is 0 Å². The number of benzene rings is 1. The maximum Gasteiger partial charge on any atom is 0.223 e. The third kappa shape index (κ3) is 4.00. The van der Waals surface area contributed by atoms with Crippen LogP contribution in [0.2, 0.25) is 0 Å². The summed E-state index contributed by atoms with van der Waals surface area (Å²) in [6.45, 7) is 4.14. The number of nitrogens with zero attached hydrogens (tertiary/aromatic N) is 1.